The van der Waals surface area contributed by atoms with Crippen LogP contribution < -0.4 is 5.32 Å². The summed E-state index contributed by atoms with van der Waals surface area (Å²) < 4.78 is 1.46. The van der Waals surface area contributed by atoms with Gasteiger partial charge in [0.25, 0.3) is 5.91 Å². The van der Waals surface area contributed by atoms with E-state index in [4.69, 9.17) is 0 Å². The number of rotatable bonds is 5. The van der Waals surface area contributed by atoms with Gasteiger partial charge in [0.2, 0.25) is 0 Å². The van der Waals surface area contributed by atoms with Gasteiger partial charge in [-0.2, -0.15) is 4.68 Å². The van der Waals surface area contributed by atoms with Gasteiger partial charge in [-0.05, 0) is 35.4 Å². The predicted octanol–water partition coefficient (Wildman–Crippen LogP) is 0.945. The molecule has 2 aromatic rings. The minimum absolute atomic E-state index is 0.113. The van der Waals surface area contributed by atoms with Crippen molar-refractivity contribution in [3.8, 4) is 5.69 Å². The highest BCUT2D eigenvalue weighted by atomic mass is 16.3. The van der Waals surface area contributed by atoms with Crippen LogP contribution >= 0.6 is 0 Å². The normalized spacial score (nSPS) is 16.6. The first-order valence-electron chi connectivity index (χ1n) is 7.46. The summed E-state index contributed by atoms with van der Waals surface area (Å²) >= 11 is 0. The Morgan fingerprint density at radius 3 is 2.77 bits per heavy atom. The van der Waals surface area contributed by atoms with Crippen LogP contribution in [0, 0.1) is 5.41 Å². The molecule has 1 aliphatic rings. The van der Waals surface area contributed by atoms with Gasteiger partial charge in [0.1, 0.15) is 6.33 Å². The van der Waals surface area contributed by atoms with E-state index in [9.17, 15) is 9.90 Å². The van der Waals surface area contributed by atoms with Gasteiger partial charge >= 0.3 is 0 Å². The van der Waals surface area contributed by atoms with E-state index in [1.54, 1.807) is 18.2 Å². The molecular formula is C15H19N5O2. The standard InChI is InChI=1S/C15H19N5O2/c21-10-15(7-3-4-8-15)9-16-14(22)12-5-1-2-6-13(12)20-11-17-18-19-20/h1-2,5-6,11,21H,3-4,7-10H2,(H,16,22). The zero-order chi connectivity index (χ0) is 15.4. The lowest BCUT2D eigenvalue weighted by molar-refractivity contribution is 0.0880. The Labute approximate surface area is 128 Å². The molecule has 2 N–H and O–H groups in total. The number of benzene rings is 1. The van der Waals surface area contributed by atoms with Gasteiger partial charge in [-0.1, -0.05) is 25.0 Å². The molecule has 1 heterocycles. The first kappa shape index (κ1) is 14.6. The highest BCUT2D eigenvalue weighted by molar-refractivity contribution is 5.97. The van der Waals surface area contributed by atoms with Gasteiger partial charge in [-0.25, -0.2) is 0 Å². The Hall–Kier alpha value is -2.28. The number of carbonyl (C=O) groups is 1. The van der Waals surface area contributed by atoms with Crippen molar-refractivity contribution >= 4 is 5.91 Å². The molecule has 1 aliphatic carbocycles. The number of nitrogens with zero attached hydrogens (tertiary/aromatic N) is 4. The molecule has 116 valence electrons. The van der Waals surface area contributed by atoms with Gasteiger partial charge in [0.05, 0.1) is 17.9 Å². The topological polar surface area (TPSA) is 92.9 Å². The molecule has 7 heteroatoms. The molecule has 0 radical (unpaired) electrons. The van der Waals surface area contributed by atoms with Crippen molar-refractivity contribution in [3.05, 3.63) is 36.2 Å². The van der Waals surface area contributed by atoms with E-state index in [0.29, 0.717) is 17.8 Å². The molecule has 1 fully saturated rings. The maximum Gasteiger partial charge on any atom is 0.253 e. The van der Waals surface area contributed by atoms with Crippen LogP contribution in [-0.4, -0.2) is 44.4 Å². The van der Waals surface area contributed by atoms with Crippen molar-refractivity contribution in [2.24, 2.45) is 5.41 Å². The summed E-state index contributed by atoms with van der Waals surface area (Å²) in [7, 11) is 0. The average Bonchev–Trinajstić information content (AvgIpc) is 3.25. The molecule has 0 spiro atoms. The minimum atomic E-state index is -0.175. The molecule has 0 unspecified atom stereocenters. The molecule has 1 amide bonds. The van der Waals surface area contributed by atoms with E-state index in [1.807, 2.05) is 6.07 Å². The van der Waals surface area contributed by atoms with Crippen molar-refractivity contribution in [3.63, 3.8) is 0 Å². The van der Waals surface area contributed by atoms with Gasteiger partial charge in [-0.3, -0.25) is 4.79 Å². The minimum Gasteiger partial charge on any atom is -0.396 e. The maximum absolute atomic E-state index is 12.5. The summed E-state index contributed by atoms with van der Waals surface area (Å²) in [5, 5.41) is 23.6. The van der Waals surface area contributed by atoms with Crippen LogP contribution in [0.3, 0.4) is 0 Å². The van der Waals surface area contributed by atoms with E-state index in [-0.39, 0.29) is 17.9 Å². The van der Waals surface area contributed by atoms with Crippen molar-refractivity contribution < 1.29 is 9.90 Å². The number of hydrogen-bond donors (Lipinski definition) is 2. The number of aromatic nitrogens is 4. The molecule has 0 aliphatic heterocycles. The zero-order valence-electron chi connectivity index (χ0n) is 12.3. The Balaban J connectivity index is 1.76. The smallest absolute Gasteiger partial charge is 0.253 e. The van der Waals surface area contributed by atoms with Crippen LogP contribution in [0.2, 0.25) is 0 Å². The fourth-order valence-corrected chi connectivity index (χ4v) is 3.02. The van der Waals surface area contributed by atoms with Gasteiger partial charge in [0.15, 0.2) is 0 Å². The van der Waals surface area contributed by atoms with Crippen LogP contribution in [0.4, 0.5) is 0 Å². The largest absolute Gasteiger partial charge is 0.396 e. The summed E-state index contributed by atoms with van der Waals surface area (Å²) in [6, 6.07) is 7.18. The number of para-hydroxylation sites is 1. The monoisotopic (exact) mass is 301 g/mol. The van der Waals surface area contributed by atoms with E-state index < -0.39 is 0 Å². The number of aliphatic hydroxyl groups is 1. The number of nitrogens with one attached hydrogen (secondary N) is 1. The van der Waals surface area contributed by atoms with Crippen LogP contribution in [-0.2, 0) is 0 Å². The second-order valence-corrected chi connectivity index (χ2v) is 5.82. The van der Waals surface area contributed by atoms with Gasteiger partial charge < -0.3 is 10.4 Å². The Morgan fingerprint density at radius 2 is 2.09 bits per heavy atom. The lowest BCUT2D eigenvalue weighted by atomic mass is 9.87. The number of amides is 1. The number of tetrazole rings is 1. The lowest BCUT2D eigenvalue weighted by Crippen LogP contribution is -2.38. The van der Waals surface area contributed by atoms with Crippen LogP contribution in [0.5, 0.6) is 0 Å². The van der Waals surface area contributed by atoms with Crippen LogP contribution in [0.1, 0.15) is 36.0 Å². The van der Waals surface area contributed by atoms with Gasteiger partial charge in [-0.15, -0.1) is 5.10 Å². The van der Waals surface area contributed by atoms with Crippen LogP contribution in [0.25, 0.3) is 5.69 Å². The zero-order valence-corrected chi connectivity index (χ0v) is 12.3. The molecule has 22 heavy (non-hydrogen) atoms. The summed E-state index contributed by atoms with van der Waals surface area (Å²) in [6.07, 6.45) is 5.59. The highest BCUT2D eigenvalue weighted by Crippen LogP contribution is 2.36. The summed E-state index contributed by atoms with van der Waals surface area (Å²) in [4.78, 5) is 12.5. The van der Waals surface area contributed by atoms with Gasteiger partial charge in [0, 0.05) is 12.0 Å². The number of carbonyl (C=O) groups excluding carboxylic acids is 1. The quantitative estimate of drug-likeness (QED) is 0.857. The molecule has 7 nitrogen and oxygen atoms in total. The Kier molecular flexibility index (Phi) is 4.15. The summed E-state index contributed by atoms with van der Waals surface area (Å²) in [5.74, 6) is -0.175. The molecule has 3 rings (SSSR count). The molecule has 1 aromatic heterocycles. The van der Waals surface area contributed by atoms with E-state index >= 15 is 0 Å². The predicted molar refractivity (Wildman–Crippen MR) is 79.5 cm³/mol. The molecule has 0 saturated heterocycles. The Bertz CT molecular complexity index is 635. The fourth-order valence-electron chi connectivity index (χ4n) is 3.02. The van der Waals surface area contributed by atoms with Crippen molar-refractivity contribution in [2.45, 2.75) is 25.7 Å². The van der Waals surface area contributed by atoms with Crippen molar-refractivity contribution in [1.29, 1.82) is 0 Å². The van der Waals surface area contributed by atoms with Crippen LogP contribution in [0.15, 0.2) is 30.6 Å². The molecule has 1 saturated carbocycles. The van der Waals surface area contributed by atoms with Crippen molar-refractivity contribution in [2.75, 3.05) is 13.2 Å². The number of aliphatic hydroxyl groups excluding tert-OH is 1. The Morgan fingerprint density at radius 1 is 1.32 bits per heavy atom. The molecule has 0 bridgehead atoms. The van der Waals surface area contributed by atoms with Crippen molar-refractivity contribution in [1.82, 2.24) is 25.5 Å². The van der Waals surface area contributed by atoms with E-state index in [0.717, 1.165) is 25.7 Å². The maximum atomic E-state index is 12.5. The first-order chi connectivity index (χ1) is 10.7. The fraction of sp³-hybridized carbons (Fsp3) is 0.467. The van der Waals surface area contributed by atoms with E-state index in [2.05, 4.69) is 20.8 Å². The van der Waals surface area contributed by atoms with E-state index in [1.165, 1.54) is 11.0 Å². The average molecular weight is 301 g/mol. The molecule has 0 atom stereocenters. The summed E-state index contributed by atoms with van der Waals surface area (Å²) in [5.41, 5.74) is 0.981. The third kappa shape index (κ3) is 2.85. The molecule has 1 aromatic carbocycles. The first-order valence-corrected chi connectivity index (χ1v) is 7.46. The third-order valence-electron chi connectivity index (χ3n) is 4.37. The second kappa shape index (κ2) is 6.23. The highest BCUT2D eigenvalue weighted by Gasteiger charge is 2.33. The molecular weight excluding hydrogens is 282 g/mol. The lowest BCUT2D eigenvalue weighted by Gasteiger charge is -2.26. The summed E-state index contributed by atoms with van der Waals surface area (Å²) in [6.45, 7) is 0.605. The SMILES string of the molecule is O=C(NCC1(CO)CCCC1)c1ccccc1-n1cnnn1. The third-order valence-corrected chi connectivity index (χ3v) is 4.37. The second-order valence-electron chi connectivity index (χ2n) is 5.82. The number of hydrogen-bond acceptors (Lipinski definition) is 5.